The molecule has 0 unspecified atom stereocenters. The highest BCUT2D eigenvalue weighted by atomic mass is 79.9. The molecule has 0 aliphatic rings. The summed E-state index contributed by atoms with van der Waals surface area (Å²) in [4.78, 5) is 23.7. The first kappa shape index (κ1) is 20.6. The number of unbranched alkanes of at least 4 members (excludes halogenated alkanes) is 1. The smallest absolute Gasteiger partial charge is 0.338 e. The minimum atomic E-state index is -0.441. The molecule has 6 heteroatoms. The molecule has 2 atom stereocenters. The predicted octanol–water partition coefficient (Wildman–Crippen LogP) is 5.48. The average Bonchev–Trinajstić information content (AvgIpc) is 2.68. The highest BCUT2D eigenvalue weighted by Crippen LogP contribution is 2.31. The lowest BCUT2D eigenvalue weighted by Gasteiger charge is -2.17. The quantitative estimate of drug-likeness (QED) is 0.308. The largest absolute Gasteiger partial charge is 0.462 e. The first-order chi connectivity index (χ1) is 12.5. The zero-order valence-corrected chi connectivity index (χ0v) is 17.6. The summed E-state index contributed by atoms with van der Waals surface area (Å²) in [5.74, 6) is -0.520. The van der Waals surface area contributed by atoms with Crippen LogP contribution in [0.4, 0.5) is 5.69 Å². The Morgan fingerprint density at radius 2 is 1.69 bits per heavy atom. The van der Waals surface area contributed by atoms with Gasteiger partial charge in [-0.05, 0) is 36.2 Å². The van der Waals surface area contributed by atoms with Gasteiger partial charge in [0.15, 0.2) is 0 Å². The number of rotatable bonds is 8. The van der Waals surface area contributed by atoms with E-state index in [1.807, 2.05) is 37.3 Å². The number of esters is 1. The Morgan fingerprint density at radius 1 is 1.04 bits per heavy atom. The second-order valence-corrected chi connectivity index (χ2v) is 7.74. The first-order valence-corrected chi connectivity index (χ1v) is 10.3. The van der Waals surface area contributed by atoms with Crippen LogP contribution in [0.2, 0.25) is 0 Å². The van der Waals surface area contributed by atoms with Crippen molar-refractivity contribution in [3.63, 3.8) is 0 Å². The molecular formula is C20H21Br2NO3. The number of benzene rings is 2. The lowest BCUT2D eigenvalue weighted by atomic mass is 10.1. The summed E-state index contributed by atoms with van der Waals surface area (Å²) in [6.07, 6.45) is 1.82. The maximum atomic E-state index is 12.4. The van der Waals surface area contributed by atoms with E-state index >= 15 is 0 Å². The molecule has 0 bridgehead atoms. The van der Waals surface area contributed by atoms with Gasteiger partial charge in [-0.15, -0.1) is 0 Å². The van der Waals surface area contributed by atoms with Gasteiger partial charge in [0, 0.05) is 5.69 Å². The van der Waals surface area contributed by atoms with Crippen LogP contribution in [0, 0.1) is 0 Å². The van der Waals surface area contributed by atoms with Gasteiger partial charge in [-0.25, -0.2) is 4.79 Å². The molecule has 0 aliphatic heterocycles. The summed E-state index contributed by atoms with van der Waals surface area (Å²) < 4.78 is 5.17. The predicted molar refractivity (Wildman–Crippen MR) is 111 cm³/mol. The number of carbonyl (C=O) groups is 2. The Labute approximate surface area is 170 Å². The van der Waals surface area contributed by atoms with Crippen LogP contribution in [-0.2, 0) is 9.53 Å². The molecule has 0 saturated carbocycles. The molecule has 1 amide bonds. The van der Waals surface area contributed by atoms with Crippen LogP contribution in [0.3, 0.4) is 0 Å². The molecule has 0 heterocycles. The molecule has 0 aliphatic carbocycles. The van der Waals surface area contributed by atoms with E-state index in [-0.39, 0.29) is 16.7 Å². The normalized spacial score (nSPS) is 12.9. The monoisotopic (exact) mass is 481 g/mol. The van der Waals surface area contributed by atoms with E-state index in [0.29, 0.717) is 17.9 Å². The Hall–Kier alpha value is -1.66. The minimum Gasteiger partial charge on any atom is -0.462 e. The van der Waals surface area contributed by atoms with Crippen molar-refractivity contribution in [1.82, 2.24) is 0 Å². The summed E-state index contributed by atoms with van der Waals surface area (Å²) in [7, 11) is 0. The van der Waals surface area contributed by atoms with E-state index in [9.17, 15) is 9.59 Å². The maximum Gasteiger partial charge on any atom is 0.338 e. The van der Waals surface area contributed by atoms with E-state index in [2.05, 4.69) is 37.2 Å². The molecule has 0 spiro atoms. The number of hydrogen-bond donors (Lipinski definition) is 1. The summed E-state index contributed by atoms with van der Waals surface area (Å²) in [6, 6.07) is 16.4. The number of hydrogen-bond acceptors (Lipinski definition) is 3. The Morgan fingerprint density at radius 3 is 2.31 bits per heavy atom. The van der Waals surface area contributed by atoms with E-state index in [4.69, 9.17) is 4.74 Å². The third kappa shape index (κ3) is 5.95. The second-order valence-electron chi connectivity index (χ2n) is 5.77. The van der Waals surface area contributed by atoms with Crippen molar-refractivity contribution in [3.05, 3.63) is 65.7 Å². The third-order valence-electron chi connectivity index (χ3n) is 3.74. The van der Waals surface area contributed by atoms with Gasteiger partial charge in [0.05, 0.1) is 17.0 Å². The van der Waals surface area contributed by atoms with Crippen molar-refractivity contribution in [2.45, 2.75) is 29.4 Å². The zero-order chi connectivity index (χ0) is 18.9. The van der Waals surface area contributed by atoms with Gasteiger partial charge >= 0.3 is 5.97 Å². The zero-order valence-electron chi connectivity index (χ0n) is 14.5. The minimum absolute atomic E-state index is 0.156. The third-order valence-corrected chi connectivity index (χ3v) is 6.46. The molecule has 2 aromatic rings. The van der Waals surface area contributed by atoms with Gasteiger partial charge < -0.3 is 10.1 Å². The molecule has 26 heavy (non-hydrogen) atoms. The molecule has 138 valence electrons. The number of amides is 1. The lowest BCUT2D eigenvalue weighted by molar-refractivity contribution is -0.115. The van der Waals surface area contributed by atoms with Gasteiger partial charge in [-0.1, -0.05) is 75.5 Å². The van der Waals surface area contributed by atoms with E-state index < -0.39 is 4.83 Å². The summed E-state index contributed by atoms with van der Waals surface area (Å²) in [5.41, 5.74) is 2.10. The fourth-order valence-corrected chi connectivity index (χ4v) is 3.20. The van der Waals surface area contributed by atoms with Gasteiger partial charge in [0.25, 0.3) is 0 Å². The van der Waals surface area contributed by atoms with Gasteiger partial charge in [-0.3, -0.25) is 4.79 Å². The van der Waals surface area contributed by atoms with E-state index in [1.165, 1.54) is 0 Å². The van der Waals surface area contributed by atoms with Crippen molar-refractivity contribution in [3.8, 4) is 0 Å². The molecule has 4 nitrogen and oxygen atoms in total. The van der Waals surface area contributed by atoms with Crippen LogP contribution < -0.4 is 5.32 Å². The first-order valence-electron chi connectivity index (χ1n) is 8.44. The van der Waals surface area contributed by atoms with Crippen molar-refractivity contribution >= 4 is 49.4 Å². The molecule has 1 N–H and O–H groups in total. The number of carbonyl (C=O) groups excluding carboxylic acids is 2. The van der Waals surface area contributed by atoms with Crippen LogP contribution in [0.5, 0.6) is 0 Å². The molecular weight excluding hydrogens is 462 g/mol. The summed E-state index contributed by atoms with van der Waals surface area (Å²) >= 11 is 7.00. The fraction of sp³-hybridized carbons (Fsp3) is 0.300. The highest BCUT2D eigenvalue weighted by Gasteiger charge is 2.25. The number of ether oxygens (including phenoxy) is 1. The number of anilines is 1. The van der Waals surface area contributed by atoms with Gasteiger partial charge in [0.1, 0.15) is 4.83 Å². The number of nitrogens with one attached hydrogen (secondary N) is 1. The van der Waals surface area contributed by atoms with Crippen LogP contribution in [0.25, 0.3) is 0 Å². The number of alkyl halides is 2. The van der Waals surface area contributed by atoms with Gasteiger partial charge in [-0.2, -0.15) is 0 Å². The Balaban J connectivity index is 1.93. The summed E-state index contributed by atoms with van der Waals surface area (Å²) in [6.45, 7) is 2.46. The highest BCUT2D eigenvalue weighted by molar-refractivity contribution is 9.12. The molecule has 2 aromatic carbocycles. The topological polar surface area (TPSA) is 55.4 Å². The Bertz CT molecular complexity index is 720. The van der Waals surface area contributed by atoms with Crippen molar-refractivity contribution in [2.24, 2.45) is 0 Å². The molecule has 0 aromatic heterocycles. The van der Waals surface area contributed by atoms with E-state index in [0.717, 1.165) is 18.4 Å². The molecule has 0 fully saturated rings. The van der Waals surface area contributed by atoms with Crippen LogP contribution >= 0.6 is 31.9 Å². The van der Waals surface area contributed by atoms with Crippen LogP contribution in [0.15, 0.2) is 54.6 Å². The summed E-state index contributed by atoms with van der Waals surface area (Å²) in [5, 5.41) is 2.84. The lowest BCUT2D eigenvalue weighted by Crippen LogP contribution is -2.26. The fourth-order valence-electron chi connectivity index (χ4n) is 2.23. The van der Waals surface area contributed by atoms with Crippen LogP contribution in [0.1, 0.15) is 40.5 Å². The van der Waals surface area contributed by atoms with Crippen LogP contribution in [-0.4, -0.2) is 23.3 Å². The molecule has 0 radical (unpaired) electrons. The average molecular weight is 483 g/mol. The maximum absolute atomic E-state index is 12.4. The SMILES string of the molecule is CCCCOC(=O)c1ccc(NC(=O)[C@H](Br)[C@H](Br)c2ccccc2)cc1. The second kappa shape index (κ2) is 10.5. The number of halogens is 2. The van der Waals surface area contributed by atoms with E-state index in [1.54, 1.807) is 24.3 Å². The molecule has 2 rings (SSSR count). The van der Waals surface area contributed by atoms with Crippen molar-refractivity contribution in [1.29, 1.82) is 0 Å². The van der Waals surface area contributed by atoms with Gasteiger partial charge in [0.2, 0.25) is 5.91 Å². The standard InChI is InChI=1S/C20H21Br2NO3/c1-2-3-13-26-20(25)15-9-11-16(12-10-15)23-19(24)18(22)17(21)14-7-5-4-6-8-14/h4-12,17-18H,2-3,13H2,1H3,(H,23,24)/t17-,18-/m1/s1. The van der Waals surface area contributed by atoms with Crippen molar-refractivity contribution < 1.29 is 14.3 Å². The molecule has 0 saturated heterocycles. The Kier molecular flexibility index (Phi) is 8.32. The van der Waals surface area contributed by atoms with Crippen molar-refractivity contribution in [2.75, 3.05) is 11.9 Å².